The SMILES string of the molecule is Cc1cc(Cl)c(OC(c2ncco2)C2CCNC2)c(Cl)c1. The maximum absolute atomic E-state index is 6.27. The molecule has 2 unspecified atom stereocenters. The van der Waals surface area contributed by atoms with Gasteiger partial charge in [0.05, 0.1) is 16.2 Å². The summed E-state index contributed by atoms with van der Waals surface area (Å²) in [6.07, 6.45) is 3.86. The minimum Gasteiger partial charge on any atom is -0.477 e. The number of oxazole rings is 1. The Morgan fingerprint density at radius 3 is 2.71 bits per heavy atom. The van der Waals surface area contributed by atoms with Crippen LogP contribution in [0.1, 0.15) is 24.0 Å². The van der Waals surface area contributed by atoms with Gasteiger partial charge in [-0.25, -0.2) is 4.98 Å². The van der Waals surface area contributed by atoms with Crippen LogP contribution in [0.4, 0.5) is 0 Å². The van der Waals surface area contributed by atoms with Crippen molar-refractivity contribution in [2.24, 2.45) is 5.92 Å². The molecule has 0 radical (unpaired) electrons. The van der Waals surface area contributed by atoms with E-state index in [1.54, 1.807) is 12.5 Å². The highest BCUT2D eigenvalue weighted by Crippen LogP contribution is 2.39. The van der Waals surface area contributed by atoms with Crippen molar-refractivity contribution < 1.29 is 9.15 Å². The van der Waals surface area contributed by atoms with E-state index in [1.807, 2.05) is 19.1 Å². The van der Waals surface area contributed by atoms with E-state index in [0.29, 0.717) is 21.7 Å². The minimum atomic E-state index is -0.298. The molecule has 2 heterocycles. The number of aryl methyl sites for hydroxylation is 1. The summed E-state index contributed by atoms with van der Waals surface area (Å²) in [6, 6.07) is 3.67. The minimum absolute atomic E-state index is 0.275. The molecule has 0 amide bonds. The molecule has 2 aromatic rings. The van der Waals surface area contributed by atoms with Crippen molar-refractivity contribution in [1.29, 1.82) is 0 Å². The van der Waals surface area contributed by atoms with Gasteiger partial charge in [-0.1, -0.05) is 23.2 Å². The summed E-state index contributed by atoms with van der Waals surface area (Å²) in [6.45, 7) is 3.75. The number of benzene rings is 1. The maximum Gasteiger partial charge on any atom is 0.235 e. The Balaban J connectivity index is 1.91. The monoisotopic (exact) mass is 326 g/mol. The molecule has 21 heavy (non-hydrogen) atoms. The maximum atomic E-state index is 6.27. The second-order valence-corrected chi connectivity index (χ2v) is 6.03. The molecule has 1 N–H and O–H groups in total. The lowest BCUT2D eigenvalue weighted by atomic mass is 10.0. The molecule has 1 aromatic heterocycles. The van der Waals surface area contributed by atoms with E-state index in [0.717, 1.165) is 25.1 Å². The number of halogens is 2. The first kappa shape index (κ1) is 14.7. The van der Waals surface area contributed by atoms with Crippen LogP contribution in [-0.2, 0) is 0 Å². The fourth-order valence-corrected chi connectivity index (χ4v) is 3.27. The summed E-state index contributed by atoms with van der Waals surface area (Å²) in [5.41, 5.74) is 0.993. The normalized spacial score (nSPS) is 19.7. The predicted octanol–water partition coefficient (Wildman–Crippen LogP) is 4.02. The van der Waals surface area contributed by atoms with Crippen LogP contribution in [0.5, 0.6) is 5.75 Å². The van der Waals surface area contributed by atoms with Gasteiger partial charge < -0.3 is 14.5 Å². The smallest absolute Gasteiger partial charge is 0.235 e. The zero-order valence-electron chi connectivity index (χ0n) is 11.6. The van der Waals surface area contributed by atoms with E-state index in [4.69, 9.17) is 32.4 Å². The Labute approximate surface area is 133 Å². The van der Waals surface area contributed by atoms with Crippen LogP contribution in [0.2, 0.25) is 10.0 Å². The molecule has 112 valence electrons. The van der Waals surface area contributed by atoms with Crippen LogP contribution in [0.25, 0.3) is 0 Å². The summed E-state index contributed by atoms with van der Waals surface area (Å²) in [7, 11) is 0. The molecule has 1 aromatic carbocycles. The Kier molecular flexibility index (Phi) is 4.38. The number of aromatic nitrogens is 1. The number of hydrogen-bond acceptors (Lipinski definition) is 4. The Bertz CT molecular complexity index is 587. The molecule has 2 atom stereocenters. The molecule has 3 rings (SSSR count). The third-order valence-corrected chi connectivity index (χ3v) is 4.17. The van der Waals surface area contributed by atoms with Gasteiger partial charge in [-0.05, 0) is 37.6 Å². The molecule has 0 saturated carbocycles. The fraction of sp³-hybridized carbons (Fsp3) is 0.400. The van der Waals surface area contributed by atoms with E-state index >= 15 is 0 Å². The molecule has 0 bridgehead atoms. The van der Waals surface area contributed by atoms with Crippen molar-refractivity contribution in [3.05, 3.63) is 46.1 Å². The first-order valence-electron chi connectivity index (χ1n) is 6.87. The highest BCUT2D eigenvalue weighted by Gasteiger charge is 2.32. The zero-order chi connectivity index (χ0) is 14.8. The van der Waals surface area contributed by atoms with Gasteiger partial charge in [0, 0.05) is 12.5 Å². The van der Waals surface area contributed by atoms with Gasteiger partial charge in [-0.2, -0.15) is 0 Å². The molecule has 4 nitrogen and oxygen atoms in total. The van der Waals surface area contributed by atoms with Crippen LogP contribution in [0, 0.1) is 12.8 Å². The lowest BCUT2D eigenvalue weighted by Crippen LogP contribution is -2.22. The molecule has 6 heteroatoms. The average Bonchev–Trinajstić information content (AvgIpc) is 3.11. The summed E-state index contributed by atoms with van der Waals surface area (Å²) in [5.74, 6) is 1.31. The Morgan fingerprint density at radius 2 is 2.14 bits per heavy atom. The number of hydrogen-bond donors (Lipinski definition) is 1. The lowest BCUT2D eigenvalue weighted by Gasteiger charge is -2.23. The molecular formula is C15H16Cl2N2O2. The van der Waals surface area contributed by atoms with E-state index in [9.17, 15) is 0 Å². The van der Waals surface area contributed by atoms with Crippen LogP contribution in [0.3, 0.4) is 0 Å². The largest absolute Gasteiger partial charge is 0.477 e. The second kappa shape index (κ2) is 6.26. The molecule has 1 aliphatic rings. The topological polar surface area (TPSA) is 47.3 Å². The van der Waals surface area contributed by atoms with Crippen LogP contribution >= 0.6 is 23.2 Å². The second-order valence-electron chi connectivity index (χ2n) is 5.22. The molecule has 1 saturated heterocycles. The highest BCUT2D eigenvalue weighted by molar-refractivity contribution is 6.37. The number of nitrogens with zero attached hydrogens (tertiary/aromatic N) is 1. The van der Waals surface area contributed by atoms with Crippen molar-refractivity contribution in [2.45, 2.75) is 19.4 Å². The van der Waals surface area contributed by atoms with Crippen molar-refractivity contribution in [1.82, 2.24) is 10.3 Å². The fourth-order valence-electron chi connectivity index (χ4n) is 2.58. The molecule has 0 aliphatic carbocycles. The molecule has 1 fully saturated rings. The number of rotatable bonds is 4. The van der Waals surface area contributed by atoms with Crippen LogP contribution in [-0.4, -0.2) is 18.1 Å². The van der Waals surface area contributed by atoms with Crippen molar-refractivity contribution in [3.63, 3.8) is 0 Å². The van der Waals surface area contributed by atoms with Gasteiger partial charge in [-0.3, -0.25) is 0 Å². The van der Waals surface area contributed by atoms with Gasteiger partial charge in [0.15, 0.2) is 11.9 Å². The zero-order valence-corrected chi connectivity index (χ0v) is 13.1. The van der Waals surface area contributed by atoms with Crippen molar-refractivity contribution in [3.8, 4) is 5.75 Å². The third kappa shape index (κ3) is 3.18. The molecule has 0 spiro atoms. The summed E-state index contributed by atoms with van der Waals surface area (Å²) in [4.78, 5) is 4.23. The van der Waals surface area contributed by atoms with Gasteiger partial charge in [0.1, 0.15) is 6.26 Å². The van der Waals surface area contributed by atoms with E-state index < -0.39 is 0 Å². The van der Waals surface area contributed by atoms with Gasteiger partial charge in [0.2, 0.25) is 5.89 Å². The van der Waals surface area contributed by atoms with Crippen LogP contribution in [0.15, 0.2) is 29.0 Å². The molecular weight excluding hydrogens is 311 g/mol. The summed E-state index contributed by atoms with van der Waals surface area (Å²) < 4.78 is 11.5. The summed E-state index contributed by atoms with van der Waals surface area (Å²) >= 11 is 12.5. The Morgan fingerprint density at radius 1 is 1.38 bits per heavy atom. The number of nitrogens with one attached hydrogen (secondary N) is 1. The predicted molar refractivity (Wildman–Crippen MR) is 82.0 cm³/mol. The van der Waals surface area contributed by atoms with Crippen molar-refractivity contribution in [2.75, 3.05) is 13.1 Å². The first-order valence-corrected chi connectivity index (χ1v) is 7.63. The van der Waals surface area contributed by atoms with Gasteiger partial charge in [0.25, 0.3) is 0 Å². The highest BCUT2D eigenvalue weighted by atomic mass is 35.5. The average molecular weight is 327 g/mol. The quantitative estimate of drug-likeness (QED) is 0.921. The van der Waals surface area contributed by atoms with E-state index in [1.165, 1.54) is 0 Å². The third-order valence-electron chi connectivity index (χ3n) is 3.61. The first-order chi connectivity index (χ1) is 10.1. The standard InChI is InChI=1S/C15H16Cl2N2O2/c1-9-6-11(16)14(12(17)7-9)21-13(10-2-3-18-8-10)15-19-4-5-20-15/h4-7,10,13,18H,2-3,8H2,1H3. The van der Waals surface area contributed by atoms with Gasteiger partial charge in [-0.15, -0.1) is 0 Å². The van der Waals surface area contributed by atoms with Crippen molar-refractivity contribution >= 4 is 23.2 Å². The van der Waals surface area contributed by atoms with Gasteiger partial charge >= 0.3 is 0 Å². The lowest BCUT2D eigenvalue weighted by molar-refractivity contribution is 0.114. The summed E-state index contributed by atoms with van der Waals surface area (Å²) in [5, 5.41) is 4.33. The van der Waals surface area contributed by atoms with E-state index in [2.05, 4.69) is 10.3 Å². The molecule has 1 aliphatic heterocycles. The Hall–Kier alpha value is -1.23. The van der Waals surface area contributed by atoms with Crippen LogP contribution < -0.4 is 10.1 Å². The number of ether oxygens (including phenoxy) is 1. The van der Waals surface area contributed by atoms with E-state index in [-0.39, 0.29) is 12.0 Å².